The van der Waals surface area contributed by atoms with Crippen molar-refractivity contribution in [2.45, 2.75) is 29.3 Å². The monoisotopic (exact) mass is 278 g/mol. The van der Waals surface area contributed by atoms with E-state index in [0.717, 1.165) is 11.8 Å². The summed E-state index contributed by atoms with van der Waals surface area (Å²) in [6.45, 7) is 0. The lowest BCUT2D eigenvalue weighted by molar-refractivity contribution is -0.161. The zero-order valence-corrected chi connectivity index (χ0v) is 8.86. The van der Waals surface area contributed by atoms with Gasteiger partial charge in [-0.25, -0.2) is 0 Å². The van der Waals surface area contributed by atoms with E-state index >= 15 is 0 Å². The quantitative estimate of drug-likeness (QED) is 0.383. The average molecular weight is 278 g/mol. The van der Waals surface area contributed by atoms with E-state index in [1.165, 1.54) is 12.8 Å². The first-order valence-electron chi connectivity index (χ1n) is 4.59. The predicted octanol–water partition coefficient (Wildman–Crippen LogP) is 1.76. The molecular weight excluding hydrogens is 267 g/mol. The standard InChI is InChI=1S/C9H11IO2/c10-8-5-1-4-3-7(11)12-9(8)6(4)2-5/h4-6,8-9H,1-3H2/t4-,5-,6+,8?,9-/m0/s1. The minimum Gasteiger partial charge on any atom is -0.461 e. The second-order valence-corrected chi connectivity index (χ2v) is 5.70. The lowest BCUT2D eigenvalue weighted by Gasteiger charge is -2.36. The van der Waals surface area contributed by atoms with E-state index in [0.29, 0.717) is 16.3 Å². The molecule has 3 rings (SSSR count). The molecule has 2 saturated carbocycles. The highest BCUT2D eigenvalue weighted by Crippen LogP contribution is 2.55. The first-order chi connectivity index (χ1) is 5.75. The Kier molecular flexibility index (Phi) is 1.50. The van der Waals surface area contributed by atoms with Crippen molar-refractivity contribution in [3.63, 3.8) is 0 Å². The van der Waals surface area contributed by atoms with E-state index in [-0.39, 0.29) is 12.1 Å². The van der Waals surface area contributed by atoms with Crippen molar-refractivity contribution in [3.8, 4) is 0 Å². The van der Waals surface area contributed by atoms with Crippen LogP contribution < -0.4 is 0 Å². The molecule has 2 bridgehead atoms. The van der Waals surface area contributed by atoms with Crippen LogP contribution in [0.3, 0.4) is 0 Å². The minimum absolute atomic E-state index is 0.0447. The molecule has 0 aromatic carbocycles. The summed E-state index contributed by atoms with van der Waals surface area (Å²) in [5, 5.41) is 0. The second kappa shape index (κ2) is 2.36. The third-order valence-electron chi connectivity index (χ3n) is 3.67. The normalized spacial score (nSPS) is 55.8. The highest BCUT2D eigenvalue weighted by Gasteiger charge is 2.56. The SMILES string of the molecule is O=C1C[C@@H]2C[C@H]3C[C@H]2[C@H](O1)C3I. The zero-order valence-electron chi connectivity index (χ0n) is 6.70. The maximum Gasteiger partial charge on any atom is 0.306 e. The lowest BCUT2D eigenvalue weighted by Crippen LogP contribution is -2.42. The smallest absolute Gasteiger partial charge is 0.306 e. The van der Waals surface area contributed by atoms with Crippen molar-refractivity contribution in [1.82, 2.24) is 0 Å². The summed E-state index contributed by atoms with van der Waals surface area (Å²) >= 11 is 2.46. The van der Waals surface area contributed by atoms with E-state index in [9.17, 15) is 4.79 Å². The average Bonchev–Trinajstić information content (AvgIpc) is 2.53. The summed E-state index contributed by atoms with van der Waals surface area (Å²) in [6, 6.07) is 0. The van der Waals surface area contributed by atoms with Crippen molar-refractivity contribution >= 4 is 28.6 Å². The molecule has 1 unspecified atom stereocenters. The Balaban J connectivity index is 1.94. The van der Waals surface area contributed by atoms with Gasteiger partial charge in [-0.1, -0.05) is 22.6 Å². The van der Waals surface area contributed by atoms with Crippen molar-refractivity contribution in [1.29, 1.82) is 0 Å². The predicted molar refractivity (Wildman–Crippen MR) is 52.0 cm³/mol. The fraction of sp³-hybridized carbons (Fsp3) is 0.889. The molecule has 2 nitrogen and oxygen atoms in total. The van der Waals surface area contributed by atoms with Crippen LogP contribution in [0.5, 0.6) is 0 Å². The summed E-state index contributed by atoms with van der Waals surface area (Å²) in [5.41, 5.74) is 0. The van der Waals surface area contributed by atoms with Crippen LogP contribution in [0, 0.1) is 17.8 Å². The Morgan fingerprint density at radius 2 is 2.17 bits per heavy atom. The number of fused-ring (bicyclic) bond motifs is 1. The van der Waals surface area contributed by atoms with Crippen LogP contribution in [-0.2, 0) is 9.53 Å². The molecule has 3 heteroatoms. The first kappa shape index (κ1) is 7.59. The maximum atomic E-state index is 11.2. The molecule has 0 aromatic rings. The Hall–Kier alpha value is 0.200. The first-order valence-corrected chi connectivity index (χ1v) is 5.84. The van der Waals surface area contributed by atoms with Crippen LogP contribution in [0.1, 0.15) is 19.3 Å². The van der Waals surface area contributed by atoms with Gasteiger partial charge in [0, 0.05) is 12.3 Å². The molecule has 1 aliphatic heterocycles. The van der Waals surface area contributed by atoms with Gasteiger partial charge in [0.15, 0.2) is 0 Å². The number of hydrogen-bond acceptors (Lipinski definition) is 2. The van der Waals surface area contributed by atoms with Gasteiger partial charge >= 0.3 is 5.97 Å². The summed E-state index contributed by atoms with van der Waals surface area (Å²) in [7, 11) is 0. The van der Waals surface area contributed by atoms with Gasteiger partial charge in [-0.05, 0) is 24.7 Å². The van der Waals surface area contributed by atoms with E-state index in [4.69, 9.17) is 4.74 Å². The highest BCUT2D eigenvalue weighted by molar-refractivity contribution is 14.1. The molecule has 0 amide bonds. The van der Waals surface area contributed by atoms with Crippen molar-refractivity contribution in [2.24, 2.45) is 17.8 Å². The molecule has 2 aliphatic carbocycles. The molecule has 66 valence electrons. The van der Waals surface area contributed by atoms with Crippen LogP contribution >= 0.6 is 22.6 Å². The number of halogens is 1. The molecule has 0 spiro atoms. The molecular formula is C9H11IO2. The fourth-order valence-electron chi connectivity index (χ4n) is 3.17. The van der Waals surface area contributed by atoms with Gasteiger partial charge in [-0.3, -0.25) is 4.79 Å². The van der Waals surface area contributed by atoms with E-state index < -0.39 is 0 Å². The fourth-order valence-corrected chi connectivity index (χ4v) is 4.44. The topological polar surface area (TPSA) is 26.3 Å². The Bertz CT molecular complexity index is 241. The number of carbonyl (C=O) groups excluding carboxylic acids is 1. The molecule has 3 aliphatic rings. The Morgan fingerprint density at radius 3 is 2.92 bits per heavy atom. The largest absolute Gasteiger partial charge is 0.461 e. The zero-order chi connectivity index (χ0) is 8.29. The third kappa shape index (κ3) is 0.833. The van der Waals surface area contributed by atoms with Gasteiger partial charge < -0.3 is 4.74 Å². The van der Waals surface area contributed by atoms with Gasteiger partial charge in [0.1, 0.15) is 6.10 Å². The molecule has 0 radical (unpaired) electrons. The van der Waals surface area contributed by atoms with Gasteiger partial charge in [-0.15, -0.1) is 0 Å². The van der Waals surface area contributed by atoms with Crippen LogP contribution in [-0.4, -0.2) is 16.0 Å². The molecule has 3 fully saturated rings. The van der Waals surface area contributed by atoms with E-state index in [1.807, 2.05) is 0 Å². The molecule has 12 heavy (non-hydrogen) atoms. The number of alkyl halides is 1. The van der Waals surface area contributed by atoms with Crippen LogP contribution in [0.4, 0.5) is 0 Å². The number of rotatable bonds is 0. The van der Waals surface area contributed by atoms with Gasteiger partial charge in [0.2, 0.25) is 0 Å². The molecule has 0 aromatic heterocycles. The summed E-state index contributed by atoms with van der Waals surface area (Å²) in [5.74, 6) is 2.28. The maximum absolute atomic E-state index is 11.2. The van der Waals surface area contributed by atoms with Gasteiger partial charge in [0.05, 0.1) is 3.92 Å². The minimum atomic E-state index is 0.0447. The van der Waals surface area contributed by atoms with E-state index in [1.54, 1.807) is 0 Å². The third-order valence-corrected chi connectivity index (χ3v) is 5.39. The van der Waals surface area contributed by atoms with Crippen LogP contribution in [0.2, 0.25) is 0 Å². The van der Waals surface area contributed by atoms with Crippen LogP contribution in [0.25, 0.3) is 0 Å². The van der Waals surface area contributed by atoms with Crippen molar-refractivity contribution in [2.75, 3.05) is 0 Å². The highest BCUT2D eigenvalue weighted by atomic mass is 127. The van der Waals surface area contributed by atoms with Crippen molar-refractivity contribution < 1.29 is 9.53 Å². The van der Waals surface area contributed by atoms with Gasteiger partial charge in [-0.2, -0.15) is 0 Å². The Labute approximate surface area is 85.2 Å². The number of ether oxygens (including phenoxy) is 1. The van der Waals surface area contributed by atoms with Crippen molar-refractivity contribution in [3.05, 3.63) is 0 Å². The number of hydrogen-bond donors (Lipinski definition) is 0. The van der Waals surface area contributed by atoms with E-state index in [2.05, 4.69) is 22.6 Å². The Morgan fingerprint density at radius 1 is 1.33 bits per heavy atom. The van der Waals surface area contributed by atoms with Crippen LogP contribution in [0.15, 0.2) is 0 Å². The summed E-state index contributed by atoms with van der Waals surface area (Å²) in [6.07, 6.45) is 3.57. The summed E-state index contributed by atoms with van der Waals surface area (Å²) in [4.78, 5) is 11.2. The molecule has 5 atom stereocenters. The molecule has 1 heterocycles. The second-order valence-electron chi connectivity index (χ2n) is 4.26. The lowest BCUT2D eigenvalue weighted by atomic mass is 9.82. The molecule has 0 N–H and O–H groups in total. The number of esters is 1. The molecule has 1 saturated heterocycles. The van der Waals surface area contributed by atoms with Gasteiger partial charge in [0.25, 0.3) is 0 Å². The number of carbonyl (C=O) groups is 1. The summed E-state index contributed by atoms with van der Waals surface area (Å²) < 4.78 is 5.98.